The predicted octanol–water partition coefficient (Wildman–Crippen LogP) is 2.91. The second kappa shape index (κ2) is 9.64. The van der Waals surface area contributed by atoms with Crippen molar-refractivity contribution in [2.24, 2.45) is 4.99 Å². The summed E-state index contributed by atoms with van der Waals surface area (Å²) < 4.78 is 13.5. The van der Waals surface area contributed by atoms with E-state index in [4.69, 9.17) is 0 Å². The largest absolute Gasteiger partial charge is 0.356 e. The first-order valence-corrected chi connectivity index (χ1v) is 9.51. The second-order valence-corrected chi connectivity index (χ2v) is 7.70. The Morgan fingerprint density at radius 3 is 2.65 bits per heavy atom. The van der Waals surface area contributed by atoms with E-state index in [1.54, 1.807) is 30.5 Å². The molecule has 1 heterocycles. The Bertz CT molecular complexity index is 722. The van der Waals surface area contributed by atoms with Gasteiger partial charge in [0.1, 0.15) is 5.82 Å². The fourth-order valence-corrected chi connectivity index (χ4v) is 3.59. The molecule has 1 atom stereocenters. The van der Waals surface area contributed by atoms with Crippen LogP contribution in [0.15, 0.2) is 29.3 Å². The van der Waals surface area contributed by atoms with Crippen LogP contribution >= 0.6 is 11.3 Å². The molecule has 0 saturated carbocycles. The number of halogens is 1. The Hall–Kier alpha value is -1.99. The van der Waals surface area contributed by atoms with Crippen LogP contribution in [-0.4, -0.2) is 50.1 Å². The molecule has 0 aliphatic carbocycles. The van der Waals surface area contributed by atoms with Gasteiger partial charge < -0.3 is 15.5 Å². The molecule has 0 bridgehead atoms. The number of hydrogen-bond acceptors (Lipinski definition) is 4. The summed E-state index contributed by atoms with van der Waals surface area (Å²) in [6, 6.07) is 6.78. The normalized spacial score (nSPS) is 13.1. The molecule has 142 valence electrons. The third-order valence-electron chi connectivity index (χ3n) is 4.25. The van der Waals surface area contributed by atoms with Crippen LogP contribution in [0.4, 0.5) is 4.39 Å². The van der Waals surface area contributed by atoms with Crippen molar-refractivity contribution in [3.8, 4) is 0 Å². The molecule has 0 spiro atoms. The summed E-state index contributed by atoms with van der Waals surface area (Å²) in [4.78, 5) is 12.2. The molecule has 1 unspecified atom stereocenters. The van der Waals surface area contributed by atoms with E-state index in [0.717, 1.165) is 35.2 Å². The zero-order chi connectivity index (χ0) is 19.1. The van der Waals surface area contributed by atoms with Gasteiger partial charge in [-0.05, 0) is 45.6 Å². The Kier molecular flexibility index (Phi) is 7.53. The standard InChI is InChI=1S/C19H28FN5S/c1-13-14(2)26-18(24-13)9-10-22-19(21-3)23-12-17(25(4)5)15-7-6-8-16(20)11-15/h6-8,11,17H,9-10,12H2,1-5H3,(H2,21,22,23). The molecule has 0 saturated heterocycles. The summed E-state index contributed by atoms with van der Waals surface area (Å²) in [6.07, 6.45) is 0.862. The number of hydrogen-bond donors (Lipinski definition) is 2. The van der Waals surface area contributed by atoms with Crippen molar-refractivity contribution in [2.45, 2.75) is 26.3 Å². The van der Waals surface area contributed by atoms with Crippen LogP contribution in [0.25, 0.3) is 0 Å². The molecular formula is C19H28FN5S. The minimum atomic E-state index is -0.217. The average molecular weight is 378 g/mol. The topological polar surface area (TPSA) is 52.6 Å². The number of aryl methyl sites for hydroxylation is 2. The minimum Gasteiger partial charge on any atom is -0.356 e. The van der Waals surface area contributed by atoms with Gasteiger partial charge in [0.05, 0.1) is 16.7 Å². The lowest BCUT2D eigenvalue weighted by atomic mass is 10.1. The van der Waals surface area contributed by atoms with Crippen molar-refractivity contribution < 1.29 is 4.39 Å². The van der Waals surface area contributed by atoms with Crippen molar-refractivity contribution in [2.75, 3.05) is 34.2 Å². The van der Waals surface area contributed by atoms with E-state index in [-0.39, 0.29) is 11.9 Å². The van der Waals surface area contributed by atoms with Gasteiger partial charge >= 0.3 is 0 Å². The highest BCUT2D eigenvalue weighted by atomic mass is 32.1. The number of guanidine groups is 1. The summed E-state index contributed by atoms with van der Waals surface area (Å²) in [5.41, 5.74) is 2.04. The third-order valence-corrected chi connectivity index (χ3v) is 5.38. The van der Waals surface area contributed by atoms with Gasteiger partial charge in [0.25, 0.3) is 0 Å². The molecule has 7 heteroatoms. The highest BCUT2D eigenvalue weighted by Crippen LogP contribution is 2.18. The average Bonchev–Trinajstić information content (AvgIpc) is 2.91. The van der Waals surface area contributed by atoms with Gasteiger partial charge in [-0.15, -0.1) is 11.3 Å². The van der Waals surface area contributed by atoms with Crippen LogP contribution in [0, 0.1) is 19.7 Å². The van der Waals surface area contributed by atoms with Gasteiger partial charge in [-0.3, -0.25) is 4.99 Å². The lowest BCUT2D eigenvalue weighted by Crippen LogP contribution is -2.42. The molecule has 0 amide bonds. The maximum atomic E-state index is 13.5. The number of nitrogens with one attached hydrogen (secondary N) is 2. The van der Waals surface area contributed by atoms with Crippen molar-refractivity contribution in [3.63, 3.8) is 0 Å². The summed E-state index contributed by atoms with van der Waals surface area (Å²) in [5, 5.41) is 7.78. The smallest absolute Gasteiger partial charge is 0.191 e. The number of nitrogens with zero attached hydrogens (tertiary/aromatic N) is 3. The lowest BCUT2D eigenvalue weighted by molar-refractivity contribution is 0.297. The van der Waals surface area contributed by atoms with Crippen LogP contribution in [0.2, 0.25) is 0 Å². The number of aliphatic imine (C=N–C) groups is 1. The van der Waals surface area contributed by atoms with Gasteiger partial charge in [-0.2, -0.15) is 0 Å². The van der Waals surface area contributed by atoms with Crippen molar-refractivity contribution in [1.29, 1.82) is 0 Å². The van der Waals surface area contributed by atoms with Crippen LogP contribution in [0.3, 0.4) is 0 Å². The molecule has 0 fully saturated rings. The first-order chi connectivity index (χ1) is 12.4. The SMILES string of the molecule is CN=C(NCCc1nc(C)c(C)s1)NCC(c1cccc(F)c1)N(C)C. The fourth-order valence-electron chi connectivity index (χ4n) is 2.66. The fraction of sp³-hybridized carbons (Fsp3) is 0.474. The first-order valence-electron chi connectivity index (χ1n) is 8.70. The number of aromatic nitrogens is 1. The van der Waals surface area contributed by atoms with Crippen molar-refractivity contribution >= 4 is 17.3 Å². The van der Waals surface area contributed by atoms with Crippen molar-refractivity contribution in [3.05, 3.63) is 51.2 Å². The highest BCUT2D eigenvalue weighted by Gasteiger charge is 2.15. The Balaban J connectivity index is 1.88. The lowest BCUT2D eigenvalue weighted by Gasteiger charge is -2.26. The summed E-state index contributed by atoms with van der Waals surface area (Å²) in [7, 11) is 5.72. The molecular weight excluding hydrogens is 349 g/mol. The molecule has 0 aliphatic rings. The van der Waals surface area contributed by atoms with Gasteiger partial charge in [-0.25, -0.2) is 9.37 Å². The summed E-state index contributed by atoms with van der Waals surface area (Å²) >= 11 is 1.74. The number of rotatable bonds is 7. The molecule has 0 aliphatic heterocycles. The Morgan fingerprint density at radius 2 is 2.08 bits per heavy atom. The van der Waals surface area contributed by atoms with Crippen molar-refractivity contribution in [1.82, 2.24) is 20.5 Å². The third kappa shape index (κ3) is 5.78. The number of benzene rings is 1. The zero-order valence-corrected chi connectivity index (χ0v) is 17.0. The Labute approximate surface area is 159 Å². The molecule has 26 heavy (non-hydrogen) atoms. The minimum absolute atomic E-state index is 0.0495. The summed E-state index contributed by atoms with van der Waals surface area (Å²) in [6.45, 7) is 5.53. The van der Waals surface area contributed by atoms with Gasteiger partial charge in [0.2, 0.25) is 0 Å². The van der Waals surface area contributed by atoms with E-state index in [0.29, 0.717) is 6.54 Å². The Morgan fingerprint density at radius 1 is 1.31 bits per heavy atom. The van der Waals surface area contributed by atoms with Crippen LogP contribution in [0.1, 0.15) is 27.2 Å². The molecule has 1 aromatic heterocycles. The zero-order valence-electron chi connectivity index (χ0n) is 16.1. The van der Waals surface area contributed by atoms with Crippen LogP contribution in [0.5, 0.6) is 0 Å². The molecule has 5 nitrogen and oxygen atoms in total. The second-order valence-electron chi connectivity index (χ2n) is 6.41. The maximum Gasteiger partial charge on any atom is 0.191 e. The number of likely N-dealkylation sites (N-methyl/N-ethyl adjacent to an activating group) is 1. The molecule has 2 rings (SSSR count). The van der Waals surface area contributed by atoms with Crippen LogP contribution in [-0.2, 0) is 6.42 Å². The first kappa shape index (κ1) is 20.3. The molecule has 0 radical (unpaired) electrons. The quantitative estimate of drug-likeness (QED) is 0.575. The highest BCUT2D eigenvalue weighted by molar-refractivity contribution is 7.11. The van der Waals surface area contributed by atoms with E-state index in [1.807, 2.05) is 27.1 Å². The van der Waals surface area contributed by atoms with E-state index in [9.17, 15) is 4.39 Å². The van der Waals surface area contributed by atoms with E-state index >= 15 is 0 Å². The van der Waals surface area contributed by atoms with E-state index < -0.39 is 0 Å². The van der Waals surface area contributed by atoms with Crippen LogP contribution < -0.4 is 10.6 Å². The predicted molar refractivity (Wildman–Crippen MR) is 107 cm³/mol. The monoisotopic (exact) mass is 377 g/mol. The molecule has 2 N–H and O–H groups in total. The summed E-state index contributed by atoms with van der Waals surface area (Å²) in [5.74, 6) is 0.518. The maximum absolute atomic E-state index is 13.5. The molecule has 1 aromatic carbocycles. The molecule has 2 aromatic rings. The number of thiazole rings is 1. The van der Waals surface area contributed by atoms with E-state index in [2.05, 4.69) is 32.4 Å². The van der Waals surface area contributed by atoms with Gasteiger partial charge in [0, 0.05) is 31.4 Å². The van der Waals surface area contributed by atoms with Gasteiger partial charge in [-0.1, -0.05) is 12.1 Å². The van der Waals surface area contributed by atoms with Gasteiger partial charge in [0.15, 0.2) is 5.96 Å². The van der Waals surface area contributed by atoms with E-state index in [1.165, 1.54) is 10.9 Å².